The van der Waals surface area contributed by atoms with Gasteiger partial charge in [-0.2, -0.15) is 0 Å². The van der Waals surface area contributed by atoms with Crippen molar-refractivity contribution in [2.24, 2.45) is 0 Å². The van der Waals surface area contributed by atoms with Crippen LogP contribution in [0.25, 0.3) is 0 Å². The first-order valence-corrected chi connectivity index (χ1v) is 6.42. The molecule has 0 spiro atoms. The lowest BCUT2D eigenvalue weighted by Crippen LogP contribution is -2.11. The van der Waals surface area contributed by atoms with E-state index < -0.39 is 0 Å². The SMILES string of the molecule is COc1cc(C(=O)Nc2ccccc2SC)on1. The molecule has 0 aliphatic carbocycles. The van der Waals surface area contributed by atoms with Crippen molar-refractivity contribution in [3.63, 3.8) is 0 Å². The highest BCUT2D eigenvalue weighted by atomic mass is 32.2. The summed E-state index contributed by atoms with van der Waals surface area (Å²) in [7, 11) is 1.46. The van der Waals surface area contributed by atoms with E-state index in [1.807, 2.05) is 30.5 Å². The normalized spacial score (nSPS) is 10.1. The molecule has 1 heterocycles. The van der Waals surface area contributed by atoms with E-state index >= 15 is 0 Å². The van der Waals surface area contributed by atoms with Crippen molar-refractivity contribution < 1.29 is 14.1 Å². The maximum Gasteiger partial charge on any atom is 0.294 e. The second kappa shape index (κ2) is 5.59. The molecule has 0 radical (unpaired) electrons. The lowest BCUT2D eigenvalue weighted by atomic mass is 10.3. The number of rotatable bonds is 4. The van der Waals surface area contributed by atoms with Gasteiger partial charge >= 0.3 is 0 Å². The number of thioether (sulfide) groups is 1. The van der Waals surface area contributed by atoms with Crippen LogP contribution >= 0.6 is 11.8 Å². The van der Waals surface area contributed by atoms with Gasteiger partial charge in [-0.3, -0.25) is 4.79 Å². The molecule has 18 heavy (non-hydrogen) atoms. The number of anilines is 1. The largest absolute Gasteiger partial charge is 0.479 e. The number of para-hydroxylation sites is 1. The topological polar surface area (TPSA) is 64.4 Å². The molecule has 0 bridgehead atoms. The highest BCUT2D eigenvalue weighted by molar-refractivity contribution is 7.98. The van der Waals surface area contributed by atoms with Gasteiger partial charge in [0, 0.05) is 4.90 Å². The lowest BCUT2D eigenvalue weighted by molar-refractivity contribution is 0.0987. The van der Waals surface area contributed by atoms with Gasteiger partial charge in [0.25, 0.3) is 11.8 Å². The Balaban J connectivity index is 2.16. The fourth-order valence-electron chi connectivity index (χ4n) is 1.39. The van der Waals surface area contributed by atoms with Crippen LogP contribution in [0.2, 0.25) is 0 Å². The van der Waals surface area contributed by atoms with Gasteiger partial charge in [-0.25, -0.2) is 0 Å². The fraction of sp³-hybridized carbons (Fsp3) is 0.167. The number of amides is 1. The quantitative estimate of drug-likeness (QED) is 0.860. The summed E-state index contributed by atoms with van der Waals surface area (Å²) in [5.74, 6) is 0.0355. The Morgan fingerprint density at radius 2 is 2.22 bits per heavy atom. The third kappa shape index (κ3) is 2.65. The third-order valence-electron chi connectivity index (χ3n) is 2.28. The van der Waals surface area contributed by atoms with E-state index in [2.05, 4.69) is 10.5 Å². The number of aromatic nitrogens is 1. The Labute approximate surface area is 108 Å². The van der Waals surface area contributed by atoms with Crippen LogP contribution in [0.4, 0.5) is 5.69 Å². The molecule has 0 fully saturated rings. The smallest absolute Gasteiger partial charge is 0.294 e. The summed E-state index contributed by atoms with van der Waals surface area (Å²) in [5, 5.41) is 6.34. The molecule has 0 unspecified atom stereocenters. The minimum absolute atomic E-state index is 0.114. The van der Waals surface area contributed by atoms with Crippen molar-refractivity contribution in [3.05, 3.63) is 36.1 Å². The van der Waals surface area contributed by atoms with Gasteiger partial charge in [0.1, 0.15) is 0 Å². The van der Waals surface area contributed by atoms with Crippen molar-refractivity contribution in [1.29, 1.82) is 0 Å². The molecule has 1 aromatic carbocycles. The maximum atomic E-state index is 11.9. The summed E-state index contributed by atoms with van der Waals surface area (Å²) in [6, 6.07) is 8.98. The zero-order valence-corrected chi connectivity index (χ0v) is 10.8. The van der Waals surface area contributed by atoms with Crippen LogP contribution in [0.3, 0.4) is 0 Å². The van der Waals surface area contributed by atoms with Crippen LogP contribution in [0.1, 0.15) is 10.6 Å². The summed E-state index contributed by atoms with van der Waals surface area (Å²) >= 11 is 1.56. The number of nitrogens with zero attached hydrogens (tertiary/aromatic N) is 1. The molecular weight excluding hydrogens is 252 g/mol. The van der Waals surface area contributed by atoms with Crippen molar-refractivity contribution in [3.8, 4) is 5.88 Å². The standard InChI is InChI=1S/C12H12N2O3S/c1-16-11-7-9(17-14-11)12(15)13-8-5-3-4-6-10(8)18-2/h3-7H,1-2H3,(H,13,15). The molecule has 2 aromatic rings. The van der Waals surface area contributed by atoms with E-state index in [0.717, 1.165) is 10.6 Å². The molecule has 94 valence electrons. The van der Waals surface area contributed by atoms with Crippen LogP contribution in [0.5, 0.6) is 5.88 Å². The van der Waals surface area contributed by atoms with Crippen LogP contribution in [-0.2, 0) is 0 Å². The van der Waals surface area contributed by atoms with E-state index in [1.54, 1.807) is 11.8 Å². The predicted molar refractivity (Wildman–Crippen MR) is 69.2 cm³/mol. The Kier molecular flexibility index (Phi) is 3.88. The van der Waals surface area contributed by atoms with Crippen LogP contribution < -0.4 is 10.1 Å². The first-order valence-electron chi connectivity index (χ1n) is 5.19. The number of benzene rings is 1. The molecule has 0 atom stereocenters. The first-order chi connectivity index (χ1) is 8.74. The maximum absolute atomic E-state index is 11.9. The second-order valence-electron chi connectivity index (χ2n) is 3.39. The van der Waals surface area contributed by atoms with Crippen molar-refractivity contribution in [2.75, 3.05) is 18.7 Å². The minimum Gasteiger partial charge on any atom is -0.479 e. The van der Waals surface area contributed by atoms with Crippen LogP contribution in [-0.4, -0.2) is 24.4 Å². The molecule has 1 amide bonds. The number of carbonyl (C=O) groups excluding carboxylic acids is 1. The molecule has 1 N–H and O–H groups in total. The van der Waals surface area contributed by atoms with E-state index in [9.17, 15) is 4.79 Å². The summed E-state index contributed by atoms with van der Waals surface area (Å²) < 4.78 is 9.72. The predicted octanol–water partition coefficient (Wildman–Crippen LogP) is 2.66. The Bertz CT molecular complexity index is 554. The van der Waals surface area contributed by atoms with Crippen molar-refractivity contribution in [2.45, 2.75) is 4.90 Å². The van der Waals surface area contributed by atoms with E-state index in [1.165, 1.54) is 13.2 Å². The van der Waals surface area contributed by atoms with Gasteiger partial charge in [0.15, 0.2) is 0 Å². The van der Waals surface area contributed by atoms with Gasteiger partial charge in [0.2, 0.25) is 5.76 Å². The van der Waals surface area contributed by atoms with Gasteiger partial charge < -0.3 is 14.6 Å². The summed E-state index contributed by atoms with van der Waals surface area (Å²) in [6.07, 6.45) is 1.95. The highest BCUT2D eigenvalue weighted by Crippen LogP contribution is 2.25. The van der Waals surface area contributed by atoms with Crippen molar-refractivity contribution >= 4 is 23.4 Å². The number of methoxy groups -OCH3 is 1. The molecule has 6 heteroatoms. The van der Waals surface area contributed by atoms with E-state index in [0.29, 0.717) is 0 Å². The Hall–Kier alpha value is -1.95. The van der Waals surface area contributed by atoms with E-state index in [-0.39, 0.29) is 17.5 Å². The lowest BCUT2D eigenvalue weighted by Gasteiger charge is -2.06. The average molecular weight is 264 g/mol. The molecule has 0 aliphatic rings. The molecule has 1 aromatic heterocycles. The molecule has 2 rings (SSSR count). The number of ether oxygens (including phenoxy) is 1. The van der Waals surface area contributed by atoms with Crippen LogP contribution in [0, 0.1) is 0 Å². The summed E-state index contributed by atoms with van der Waals surface area (Å²) in [4.78, 5) is 12.9. The van der Waals surface area contributed by atoms with Gasteiger partial charge in [-0.15, -0.1) is 11.8 Å². The Morgan fingerprint density at radius 1 is 1.44 bits per heavy atom. The average Bonchev–Trinajstić information content (AvgIpc) is 2.88. The highest BCUT2D eigenvalue weighted by Gasteiger charge is 2.14. The molecule has 0 saturated carbocycles. The number of nitrogens with one attached hydrogen (secondary N) is 1. The summed E-state index contributed by atoms with van der Waals surface area (Å²) in [6.45, 7) is 0. The number of hydrogen-bond donors (Lipinski definition) is 1. The number of hydrogen-bond acceptors (Lipinski definition) is 5. The van der Waals surface area contributed by atoms with Gasteiger partial charge in [0.05, 0.1) is 18.9 Å². The first kappa shape index (κ1) is 12.5. The van der Waals surface area contributed by atoms with E-state index in [4.69, 9.17) is 9.26 Å². The molecule has 5 nitrogen and oxygen atoms in total. The monoisotopic (exact) mass is 264 g/mol. The zero-order chi connectivity index (χ0) is 13.0. The van der Waals surface area contributed by atoms with Gasteiger partial charge in [-0.1, -0.05) is 12.1 Å². The molecular formula is C12H12N2O3S. The van der Waals surface area contributed by atoms with Gasteiger partial charge in [-0.05, 0) is 23.5 Å². The number of carbonyl (C=O) groups is 1. The fourth-order valence-corrected chi connectivity index (χ4v) is 1.95. The zero-order valence-electron chi connectivity index (χ0n) is 9.97. The molecule has 0 aliphatic heterocycles. The molecule has 0 saturated heterocycles. The minimum atomic E-state index is -0.354. The Morgan fingerprint density at radius 3 is 2.89 bits per heavy atom. The third-order valence-corrected chi connectivity index (χ3v) is 3.07. The van der Waals surface area contributed by atoms with Crippen molar-refractivity contribution in [1.82, 2.24) is 5.16 Å². The van der Waals surface area contributed by atoms with Crippen LogP contribution in [0.15, 0.2) is 39.8 Å². The second-order valence-corrected chi connectivity index (χ2v) is 4.24. The summed E-state index contributed by atoms with van der Waals surface area (Å²) in [5.41, 5.74) is 0.741.